The minimum Gasteiger partial charge on any atom is -0.395 e. The highest BCUT2D eigenvalue weighted by Gasteiger charge is 2.16. The highest BCUT2D eigenvalue weighted by Crippen LogP contribution is 2.28. The molecule has 0 aliphatic rings. The van der Waals surface area contributed by atoms with Crippen molar-refractivity contribution >= 4 is 32.4 Å². The van der Waals surface area contributed by atoms with E-state index in [9.17, 15) is 13.2 Å². The van der Waals surface area contributed by atoms with Crippen LogP contribution in [0.3, 0.4) is 0 Å². The Morgan fingerprint density at radius 3 is 2.26 bits per heavy atom. The van der Waals surface area contributed by atoms with Gasteiger partial charge in [-0.1, -0.05) is 36.4 Å². The maximum absolute atomic E-state index is 12.8. The molecule has 2 aromatic carbocycles. The average Bonchev–Trinajstić information content (AvgIpc) is 2.85. The van der Waals surface area contributed by atoms with Gasteiger partial charge in [-0.15, -0.1) is 0 Å². The monoisotopic (exact) mass is 476 g/mol. The molecule has 34 heavy (non-hydrogen) atoms. The summed E-state index contributed by atoms with van der Waals surface area (Å²) in [5, 5.41) is 12.6. The number of hydrogen-bond donors (Lipinski definition) is 3. The summed E-state index contributed by atoms with van der Waals surface area (Å²) in [5.74, 6) is -0.362. The van der Waals surface area contributed by atoms with E-state index in [2.05, 4.69) is 20.0 Å². The number of benzene rings is 2. The van der Waals surface area contributed by atoms with E-state index in [1.165, 1.54) is 0 Å². The number of aliphatic hydroxyl groups is 1. The van der Waals surface area contributed by atoms with Gasteiger partial charge in [0.05, 0.1) is 30.6 Å². The van der Waals surface area contributed by atoms with Gasteiger partial charge in [-0.05, 0) is 35.4 Å². The van der Waals surface area contributed by atoms with Crippen LogP contribution in [0.1, 0.15) is 10.4 Å². The van der Waals surface area contributed by atoms with Crippen molar-refractivity contribution in [2.75, 3.05) is 31.3 Å². The molecule has 0 amide bonds. The molecule has 0 spiro atoms. The number of fused-ring (bicyclic) bond motifs is 1. The molecule has 2 aromatic heterocycles. The number of aromatic nitrogens is 2. The summed E-state index contributed by atoms with van der Waals surface area (Å²) in [6.45, 7) is 0.232. The largest absolute Gasteiger partial charge is 0.395 e. The summed E-state index contributed by atoms with van der Waals surface area (Å²) < 4.78 is 25.1. The van der Waals surface area contributed by atoms with E-state index in [0.717, 1.165) is 28.6 Å². The lowest BCUT2D eigenvalue weighted by molar-refractivity contribution is 0.0998. The topological polar surface area (TPSA) is 121 Å². The van der Waals surface area contributed by atoms with Crippen molar-refractivity contribution in [1.82, 2.24) is 14.7 Å². The molecule has 8 nitrogen and oxygen atoms in total. The third-order valence-electron chi connectivity index (χ3n) is 5.25. The molecule has 0 aliphatic carbocycles. The first-order chi connectivity index (χ1) is 16.3. The van der Waals surface area contributed by atoms with Crippen LogP contribution in [0, 0.1) is 0 Å². The minimum absolute atomic E-state index is 0.0735. The van der Waals surface area contributed by atoms with Gasteiger partial charge in [0, 0.05) is 41.1 Å². The summed E-state index contributed by atoms with van der Waals surface area (Å²) in [4.78, 5) is 21.6. The molecule has 174 valence electrons. The number of carbonyl (C=O) groups is 1. The van der Waals surface area contributed by atoms with Gasteiger partial charge in [0.2, 0.25) is 10.0 Å². The smallest absolute Gasteiger partial charge is 0.209 e. The van der Waals surface area contributed by atoms with Gasteiger partial charge in [0.15, 0.2) is 5.78 Å². The maximum atomic E-state index is 12.8. The summed E-state index contributed by atoms with van der Waals surface area (Å²) >= 11 is 0. The van der Waals surface area contributed by atoms with E-state index in [1.807, 2.05) is 48.5 Å². The zero-order valence-electron chi connectivity index (χ0n) is 18.5. The van der Waals surface area contributed by atoms with E-state index in [0.29, 0.717) is 28.7 Å². The lowest BCUT2D eigenvalue weighted by Crippen LogP contribution is -2.28. The second-order valence-electron chi connectivity index (χ2n) is 7.77. The first-order valence-electron chi connectivity index (χ1n) is 10.6. The van der Waals surface area contributed by atoms with Crippen molar-refractivity contribution in [2.45, 2.75) is 0 Å². The number of nitrogens with zero attached hydrogens (tertiary/aromatic N) is 2. The van der Waals surface area contributed by atoms with Gasteiger partial charge in [-0.3, -0.25) is 9.78 Å². The Balaban J connectivity index is 1.64. The Kier molecular flexibility index (Phi) is 6.97. The third-order valence-corrected chi connectivity index (χ3v) is 5.91. The fourth-order valence-corrected chi connectivity index (χ4v) is 3.95. The number of hydrogen-bond acceptors (Lipinski definition) is 7. The molecule has 0 saturated carbocycles. The van der Waals surface area contributed by atoms with E-state index in [1.54, 1.807) is 24.5 Å². The number of carbonyl (C=O) groups excluding carboxylic acids is 1. The zero-order chi connectivity index (χ0) is 24.1. The summed E-state index contributed by atoms with van der Waals surface area (Å²) in [6.07, 6.45) is 4.17. The van der Waals surface area contributed by atoms with Crippen LogP contribution in [0.15, 0.2) is 73.1 Å². The molecule has 0 saturated heterocycles. The van der Waals surface area contributed by atoms with Crippen LogP contribution in [0.2, 0.25) is 0 Å². The number of sulfonamides is 1. The quantitative estimate of drug-likeness (QED) is 0.317. The van der Waals surface area contributed by atoms with Crippen LogP contribution in [0.4, 0.5) is 5.69 Å². The van der Waals surface area contributed by atoms with Crippen LogP contribution >= 0.6 is 0 Å². The van der Waals surface area contributed by atoms with E-state index in [-0.39, 0.29) is 18.9 Å². The van der Waals surface area contributed by atoms with Crippen molar-refractivity contribution in [3.8, 4) is 22.4 Å². The molecule has 4 rings (SSSR count). The molecule has 0 bridgehead atoms. The van der Waals surface area contributed by atoms with Crippen molar-refractivity contribution in [1.29, 1.82) is 0 Å². The van der Waals surface area contributed by atoms with Crippen molar-refractivity contribution in [3.63, 3.8) is 0 Å². The standard InChI is InChI=1S/C25H24N4O4S/c1-34(32,33)28-16-25(31)21-14-24(29-23-10-11-26-15-22(21)23)19-4-2-17(3-5-19)18-6-8-20(9-7-18)27-12-13-30/h2-11,14-15,27-28,30H,12-13,16H2,1H3. The Morgan fingerprint density at radius 1 is 0.971 bits per heavy atom. The highest BCUT2D eigenvalue weighted by atomic mass is 32.2. The minimum atomic E-state index is -3.50. The van der Waals surface area contributed by atoms with E-state index < -0.39 is 10.0 Å². The Labute approximate surface area is 197 Å². The van der Waals surface area contributed by atoms with Gasteiger partial charge >= 0.3 is 0 Å². The van der Waals surface area contributed by atoms with Crippen molar-refractivity contribution < 1.29 is 18.3 Å². The predicted octanol–water partition coefficient (Wildman–Crippen LogP) is 3.10. The molecular formula is C25H24N4O4S. The number of aliphatic hydroxyl groups excluding tert-OH is 1. The molecule has 0 atom stereocenters. The SMILES string of the molecule is CS(=O)(=O)NCC(=O)c1cc(-c2ccc(-c3ccc(NCCO)cc3)cc2)nc2ccncc12. The predicted molar refractivity (Wildman–Crippen MR) is 133 cm³/mol. The van der Waals surface area contributed by atoms with Gasteiger partial charge in [-0.25, -0.2) is 18.1 Å². The number of anilines is 1. The van der Waals surface area contributed by atoms with Crippen LogP contribution in [-0.2, 0) is 10.0 Å². The number of rotatable bonds is 9. The normalized spacial score (nSPS) is 11.5. The third kappa shape index (κ3) is 5.63. The number of nitrogens with one attached hydrogen (secondary N) is 2. The van der Waals surface area contributed by atoms with Crippen LogP contribution in [0.25, 0.3) is 33.3 Å². The molecule has 2 heterocycles. The maximum Gasteiger partial charge on any atom is 0.209 e. The number of Topliss-reactive ketones (excluding diaryl/α,β-unsaturated/α-hetero) is 1. The van der Waals surface area contributed by atoms with E-state index in [4.69, 9.17) is 5.11 Å². The molecule has 9 heteroatoms. The first kappa shape index (κ1) is 23.5. The van der Waals surface area contributed by atoms with Crippen molar-refractivity contribution in [3.05, 3.63) is 78.6 Å². The fourth-order valence-electron chi connectivity index (χ4n) is 3.55. The molecule has 3 N–H and O–H groups in total. The zero-order valence-corrected chi connectivity index (χ0v) is 19.3. The second kappa shape index (κ2) is 10.1. The molecule has 0 unspecified atom stereocenters. The first-order valence-corrected chi connectivity index (χ1v) is 12.5. The Morgan fingerprint density at radius 2 is 1.62 bits per heavy atom. The molecule has 0 aliphatic heterocycles. The molecule has 4 aromatic rings. The molecule has 0 radical (unpaired) electrons. The van der Waals surface area contributed by atoms with Gasteiger partial charge in [0.25, 0.3) is 0 Å². The molecular weight excluding hydrogens is 452 g/mol. The average molecular weight is 477 g/mol. The lowest BCUT2D eigenvalue weighted by Gasteiger charge is -2.10. The summed E-state index contributed by atoms with van der Waals surface area (Å²) in [6, 6.07) is 19.2. The second-order valence-corrected chi connectivity index (χ2v) is 9.60. The van der Waals surface area contributed by atoms with Crippen molar-refractivity contribution in [2.24, 2.45) is 0 Å². The number of ketones is 1. The highest BCUT2D eigenvalue weighted by molar-refractivity contribution is 7.88. The molecule has 0 fully saturated rings. The number of pyridine rings is 2. The fraction of sp³-hybridized carbons (Fsp3) is 0.160. The van der Waals surface area contributed by atoms with Crippen LogP contribution < -0.4 is 10.0 Å². The van der Waals surface area contributed by atoms with Gasteiger partial charge < -0.3 is 10.4 Å². The Hall–Kier alpha value is -3.66. The lowest BCUT2D eigenvalue weighted by atomic mass is 9.99. The Bertz CT molecular complexity index is 1420. The van der Waals surface area contributed by atoms with Gasteiger partial charge in [0.1, 0.15) is 0 Å². The van der Waals surface area contributed by atoms with Gasteiger partial charge in [-0.2, -0.15) is 0 Å². The summed E-state index contributed by atoms with van der Waals surface area (Å²) in [5.41, 5.74) is 5.40. The van der Waals surface area contributed by atoms with E-state index >= 15 is 0 Å². The summed E-state index contributed by atoms with van der Waals surface area (Å²) in [7, 11) is -3.50. The van der Waals surface area contributed by atoms with Crippen LogP contribution in [0.5, 0.6) is 0 Å². The van der Waals surface area contributed by atoms with Crippen LogP contribution in [-0.4, -0.2) is 55.2 Å².